The van der Waals surface area contributed by atoms with E-state index in [1.807, 2.05) is 6.92 Å². The maximum absolute atomic E-state index is 12.9. The van der Waals surface area contributed by atoms with Gasteiger partial charge in [0, 0.05) is 25.2 Å². The molecule has 138 valence electrons. The van der Waals surface area contributed by atoms with Gasteiger partial charge in [0.2, 0.25) is 10.0 Å². The van der Waals surface area contributed by atoms with Gasteiger partial charge in [-0.05, 0) is 36.8 Å². The van der Waals surface area contributed by atoms with Crippen molar-refractivity contribution in [3.05, 3.63) is 76.9 Å². The monoisotopic (exact) mass is 376 g/mol. The van der Waals surface area contributed by atoms with Crippen molar-refractivity contribution < 1.29 is 18.1 Å². The second kappa shape index (κ2) is 8.59. The number of non-ortho nitro benzene ring substituents is 1. The van der Waals surface area contributed by atoms with Gasteiger partial charge in [-0.15, -0.1) is 6.58 Å². The number of nitrogens with zero attached hydrogens (tertiary/aromatic N) is 2. The highest BCUT2D eigenvalue weighted by atomic mass is 32.2. The molecule has 0 aliphatic carbocycles. The lowest BCUT2D eigenvalue weighted by Gasteiger charge is -2.21. The van der Waals surface area contributed by atoms with Gasteiger partial charge in [0.15, 0.2) is 0 Å². The smallest absolute Gasteiger partial charge is 0.269 e. The van der Waals surface area contributed by atoms with Gasteiger partial charge in [-0.25, -0.2) is 8.42 Å². The highest BCUT2D eigenvalue weighted by Gasteiger charge is 2.24. The Morgan fingerprint density at radius 1 is 1.23 bits per heavy atom. The summed E-state index contributed by atoms with van der Waals surface area (Å²) in [6.45, 7) is 6.01. The molecule has 0 unspecified atom stereocenters. The Morgan fingerprint density at radius 3 is 2.50 bits per heavy atom. The molecule has 2 aromatic rings. The van der Waals surface area contributed by atoms with E-state index < -0.39 is 14.9 Å². The molecule has 0 fully saturated rings. The first kappa shape index (κ1) is 19.6. The van der Waals surface area contributed by atoms with Crippen molar-refractivity contribution in [2.75, 3.05) is 13.2 Å². The third-order valence-corrected chi connectivity index (χ3v) is 5.41. The molecule has 0 aliphatic rings. The van der Waals surface area contributed by atoms with Crippen LogP contribution < -0.4 is 4.74 Å². The minimum atomic E-state index is -3.79. The average molecular weight is 376 g/mol. The van der Waals surface area contributed by atoms with Crippen LogP contribution in [0.3, 0.4) is 0 Å². The fraction of sp³-hybridized carbons (Fsp3) is 0.222. The second-order valence-corrected chi connectivity index (χ2v) is 7.36. The number of hydrogen-bond donors (Lipinski definition) is 0. The van der Waals surface area contributed by atoms with Gasteiger partial charge in [-0.2, -0.15) is 4.31 Å². The van der Waals surface area contributed by atoms with Crippen molar-refractivity contribution in [2.24, 2.45) is 0 Å². The molecule has 2 aromatic carbocycles. The van der Waals surface area contributed by atoms with E-state index >= 15 is 0 Å². The summed E-state index contributed by atoms with van der Waals surface area (Å²) in [5.41, 5.74) is 0.440. The Hall–Kier alpha value is -2.71. The summed E-state index contributed by atoms with van der Waals surface area (Å²) in [4.78, 5) is 10.5. The number of hydrogen-bond acceptors (Lipinski definition) is 5. The number of ether oxygens (including phenoxy) is 1. The Kier molecular flexibility index (Phi) is 6.48. The molecule has 7 nitrogen and oxygen atoms in total. The first-order chi connectivity index (χ1) is 12.4. The lowest BCUT2D eigenvalue weighted by atomic mass is 10.2. The van der Waals surface area contributed by atoms with Gasteiger partial charge in [0.05, 0.1) is 16.4 Å². The predicted molar refractivity (Wildman–Crippen MR) is 98.5 cm³/mol. The number of sulfonamides is 1. The predicted octanol–water partition coefficient (Wildman–Crippen LogP) is 3.37. The molecule has 0 heterocycles. The minimum absolute atomic E-state index is 0.00322. The maximum Gasteiger partial charge on any atom is 0.269 e. The maximum atomic E-state index is 12.9. The molecule has 0 bridgehead atoms. The van der Waals surface area contributed by atoms with E-state index in [0.717, 1.165) is 0 Å². The van der Waals surface area contributed by atoms with Crippen LogP contribution in [0.4, 0.5) is 5.69 Å². The van der Waals surface area contributed by atoms with Crippen LogP contribution in [-0.4, -0.2) is 30.8 Å². The molecule has 8 heteroatoms. The average Bonchev–Trinajstić information content (AvgIpc) is 2.62. The SMILES string of the molecule is C=CCN(Cc1cccc([N+](=O)[O-])c1)S(=O)(=O)c1ccc(OCC)cc1. The second-order valence-electron chi connectivity index (χ2n) is 5.42. The number of rotatable bonds is 9. The van der Waals surface area contributed by atoms with E-state index in [2.05, 4.69) is 6.58 Å². The highest BCUT2D eigenvalue weighted by Crippen LogP contribution is 2.22. The molecule has 0 amide bonds. The quantitative estimate of drug-likeness (QED) is 0.380. The molecule has 0 aromatic heterocycles. The summed E-state index contributed by atoms with van der Waals surface area (Å²) >= 11 is 0. The highest BCUT2D eigenvalue weighted by molar-refractivity contribution is 7.89. The first-order valence-corrected chi connectivity index (χ1v) is 9.39. The molecule has 0 atom stereocenters. The van der Waals surface area contributed by atoms with Crippen molar-refractivity contribution in [1.29, 1.82) is 0 Å². The van der Waals surface area contributed by atoms with Crippen LogP contribution in [0, 0.1) is 10.1 Å². The van der Waals surface area contributed by atoms with Crippen LogP contribution in [0.2, 0.25) is 0 Å². The largest absolute Gasteiger partial charge is 0.494 e. The van der Waals surface area contributed by atoms with Crippen LogP contribution in [0.1, 0.15) is 12.5 Å². The summed E-state index contributed by atoms with van der Waals surface area (Å²) < 4.78 is 32.4. The van der Waals surface area contributed by atoms with Crippen LogP contribution in [0.25, 0.3) is 0 Å². The molecule has 2 rings (SSSR count). The van der Waals surface area contributed by atoms with Crippen molar-refractivity contribution in [1.82, 2.24) is 4.31 Å². The van der Waals surface area contributed by atoms with Crippen molar-refractivity contribution in [3.8, 4) is 5.75 Å². The molecule has 26 heavy (non-hydrogen) atoms. The summed E-state index contributed by atoms with van der Waals surface area (Å²) in [5, 5.41) is 10.9. The summed E-state index contributed by atoms with van der Waals surface area (Å²) in [6.07, 6.45) is 1.48. The Labute approximate surface area is 152 Å². The molecule has 0 aliphatic heterocycles. The fourth-order valence-corrected chi connectivity index (χ4v) is 3.79. The number of nitro groups is 1. The number of nitro benzene ring substituents is 1. The van der Waals surface area contributed by atoms with Gasteiger partial charge in [-0.1, -0.05) is 18.2 Å². The Bertz CT molecular complexity index is 879. The molecule has 0 saturated carbocycles. The van der Waals surface area contributed by atoms with E-state index in [4.69, 9.17) is 4.74 Å². The first-order valence-electron chi connectivity index (χ1n) is 7.95. The van der Waals surface area contributed by atoms with Crippen molar-refractivity contribution in [3.63, 3.8) is 0 Å². The minimum Gasteiger partial charge on any atom is -0.494 e. The van der Waals surface area contributed by atoms with E-state index in [1.165, 1.54) is 40.7 Å². The Morgan fingerprint density at radius 2 is 1.92 bits per heavy atom. The van der Waals surface area contributed by atoms with Crippen LogP contribution in [0.5, 0.6) is 5.75 Å². The zero-order valence-electron chi connectivity index (χ0n) is 14.4. The lowest BCUT2D eigenvalue weighted by Crippen LogP contribution is -2.30. The van der Waals surface area contributed by atoms with Gasteiger partial charge in [-0.3, -0.25) is 10.1 Å². The Balaban J connectivity index is 2.31. The van der Waals surface area contributed by atoms with E-state index in [1.54, 1.807) is 18.2 Å². The third-order valence-electron chi connectivity index (χ3n) is 3.59. The van der Waals surface area contributed by atoms with Gasteiger partial charge < -0.3 is 4.74 Å². The van der Waals surface area contributed by atoms with Gasteiger partial charge in [0.25, 0.3) is 5.69 Å². The van der Waals surface area contributed by atoms with Gasteiger partial charge in [0.1, 0.15) is 5.75 Å². The van der Waals surface area contributed by atoms with Crippen LogP contribution in [-0.2, 0) is 16.6 Å². The van der Waals surface area contributed by atoms with Crippen LogP contribution in [0.15, 0.2) is 66.1 Å². The van der Waals surface area contributed by atoms with Crippen LogP contribution >= 0.6 is 0 Å². The van der Waals surface area contributed by atoms with E-state index in [-0.39, 0.29) is 23.7 Å². The van der Waals surface area contributed by atoms with Crippen molar-refractivity contribution >= 4 is 15.7 Å². The normalized spacial score (nSPS) is 11.3. The zero-order chi connectivity index (χ0) is 19.2. The van der Waals surface area contributed by atoms with Gasteiger partial charge >= 0.3 is 0 Å². The molecule has 0 radical (unpaired) electrons. The molecule has 0 N–H and O–H groups in total. The zero-order valence-corrected chi connectivity index (χ0v) is 15.2. The van der Waals surface area contributed by atoms with Crippen molar-refractivity contribution in [2.45, 2.75) is 18.4 Å². The van der Waals surface area contributed by atoms with E-state index in [0.29, 0.717) is 17.9 Å². The number of benzene rings is 2. The third kappa shape index (κ3) is 4.68. The topological polar surface area (TPSA) is 89.8 Å². The van der Waals surface area contributed by atoms with E-state index in [9.17, 15) is 18.5 Å². The molecular formula is C18H20N2O5S. The summed E-state index contributed by atoms with van der Waals surface area (Å²) in [6, 6.07) is 12.0. The summed E-state index contributed by atoms with van der Waals surface area (Å²) in [5.74, 6) is 0.584. The molecule has 0 saturated heterocycles. The molecule has 0 spiro atoms. The summed E-state index contributed by atoms with van der Waals surface area (Å²) in [7, 11) is -3.79. The molecular weight excluding hydrogens is 356 g/mol. The standard InChI is InChI=1S/C18H20N2O5S/c1-3-12-19(14-15-6-5-7-16(13-15)20(21)22)26(23,24)18-10-8-17(9-11-18)25-4-2/h3,5-11,13H,1,4,12,14H2,2H3. The fourth-order valence-electron chi connectivity index (χ4n) is 2.39. The lowest BCUT2D eigenvalue weighted by molar-refractivity contribution is -0.384.